The van der Waals surface area contributed by atoms with Gasteiger partial charge in [-0.1, -0.05) is 35.3 Å². The van der Waals surface area contributed by atoms with Crippen molar-refractivity contribution in [3.05, 3.63) is 62.8 Å². The van der Waals surface area contributed by atoms with Gasteiger partial charge in [0.1, 0.15) is 16.4 Å². The van der Waals surface area contributed by atoms with Crippen molar-refractivity contribution in [1.29, 1.82) is 0 Å². The van der Waals surface area contributed by atoms with Crippen molar-refractivity contribution < 1.29 is 9.52 Å². The van der Waals surface area contributed by atoms with Crippen LogP contribution in [0, 0.1) is 0 Å². The average molecular weight is 321 g/mol. The highest BCUT2D eigenvalue weighted by atomic mass is 35.5. The molecule has 1 heterocycles. The minimum Gasteiger partial charge on any atom is -0.506 e. The van der Waals surface area contributed by atoms with Crippen molar-refractivity contribution in [2.24, 2.45) is 0 Å². The number of hydrogen-bond acceptors (Lipinski definition) is 3. The predicted molar refractivity (Wildman–Crippen MR) is 85.6 cm³/mol. The van der Waals surface area contributed by atoms with Crippen LogP contribution in [0.4, 0.5) is 0 Å². The molecule has 0 aliphatic heterocycles. The van der Waals surface area contributed by atoms with Crippen molar-refractivity contribution in [2.45, 2.75) is 6.42 Å². The molecule has 5 heteroatoms. The highest BCUT2D eigenvalue weighted by Gasteiger charge is 2.17. The Morgan fingerprint density at radius 1 is 1.33 bits per heavy atom. The molecule has 0 aliphatic rings. The average Bonchev–Trinajstić information content (AvgIpc) is 2.46. The number of fused-ring (bicyclic) bond motifs is 2. The first-order valence-corrected chi connectivity index (χ1v) is 6.96. The van der Waals surface area contributed by atoms with E-state index < -0.39 is 0 Å². The SMILES string of the molecule is C=CCc1cc2c(=O)c3c(Cl)cccc3oc2c(Cl)c1O. The van der Waals surface area contributed by atoms with Crippen molar-refractivity contribution in [1.82, 2.24) is 0 Å². The van der Waals surface area contributed by atoms with Gasteiger partial charge in [0, 0.05) is 5.56 Å². The quantitative estimate of drug-likeness (QED) is 0.550. The zero-order valence-electron chi connectivity index (χ0n) is 10.8. The van der Waals surface area contributed by atoms with Crippen LogP contribution in [0.5, 0.6) is 5.75 Å². The highest BCUT2D eigenvalue weighted by Crippen LogP contribution is 2.36. The van der Waals surface area contributed by atoms with E-state index in [0.717, 1.165) is 0 Å². The number of phenolic OH excluding ortho intramolecular Hbond substituents is 1. The number of halogens is 2. The molecular formula is C16H10Cl2O3. The molecular weight excluding hydrogens is 311 g/mol. The Bertz CT molecular complexity index is 942. The summed E-state index contributed by atoms with van der Waals surface area (Å²) < 4.78 is 5.65. The Labute approximate surface area is 130 Å². The topological polar surface area (TPSA) is 50.4 Å². The zero-order valence-corrected chi connectivity index (χ0v) is 12.3. The van der Waals surface area contributed by atoms with E-state index >= 15 is 0 Å². The summed E-state index contributed by atoms with van der Waals surface area (Å²) in [7, 11) is 0. The maximum absolute atomic E-state index is 12.6. The Hall–Kier alpha value is -1.97. The Morgan fingerprint density at radius 2 is 2.10 bits per heavy atom. The van der Waals surface area contributed by atoms with Gasteiger partial charge in [-0.2, -0.15) is 0 Å². The molecule has 0 atom stereocenters. The van der Waals surface area contributed by atoms with Gasteiger partial charge in [-0.15, -0.1) is 6.58 Å². The molecule has 1 aromatic heterocycles. The molecule has 0 saturated carbocycles. The lowest BCUT2D eigenvalue weighted by Crippen LogP contribution is -2.04. The fraction of sp³-hybridized carbons (Fsp3) is 0.0625. The molecule has 2 aromatic carbocycles. The summed E-state index contributed by atoms with van der Waals surface area (Å²) in [5.74, 6) is -0.103. The van der Waals surface area contributed by atoms with Crippen LogP contribution in [0.15, 0.2) is 46.1 Å². The van der Waals surface area contributed by atoms with Gasteiger partial charge in [0.2, 0.25) is 5.43 Å². The molecule has 0 fully saturated rings. The van der Waals surface area contributed by atoms with Gasteiger partial charge in [0.15, 0.2) is 5.58 Å². The lowest BCUT2D eigenvalue weighted by atomic mass is 10.1. The van der Waals surface area contributed by atoms with E-state index in [4.69, 9.17) is 27.6 Å². The minimum absolute atomic E-state index is 0.0170. The molecule has 0 saturated heterocycles. The highest BCUT2D eigenvalue weighted by molar-refractivity contribution is 6.37. The van der Waals surface area contributed by atoms with E-state index in [9.17, 15) is 9.90 Å². The predicted octanol–water partition coefficient (Wildman–Crippen LogP) is 4.69. The van der Waals surface area contributed by atoms with Crippen molar-refractivity contribution >= 4 is 45.1 Å². The zero-order chi connectivity index (χ0) is 15.1. The van der Waals surface area contributed by atoms with E-state index in [1.54, 1.807) is 30.3 Å². The maximum atomic E-state index is 12.6. The standard InChI is InChI=1S/C16H10Cl2O3/c1-2-4-8-7-9-15(20)12-10(17)5-3-6-11(12)21-16(9)13(18)14(8)19/h2-3,5-7,19H,1,4H2. The summed E-state index contributed by atoms with van der Waals surface area (Å²) in [6.45, 7) is 3.62. The van der Waals surface area contributed by atoms with Crippen LogP contribution in [0.25, 0.3) is 21.9 Å². The first-order chi connectivity index (χ1) is 10.0. The molecule has 3 aromatic rings. The van der Waals surface area contributed by atoms with Crippen LogP contribution >= 0.6 is 23.2 Å². The number of rotatable bonds is 2. The third kappa shape index (κ3) is 2.09. The van der Waals surface area contributed by atoms with E-state index in [-0.39, 0.29) is 27.2 Å². The molecule has 3 nitrogen and oxygen atoms in total. The van der Waals surface area contributed by atoms with Crippen molar-refractivity contribution in [2.75, 3.05) is 0 Å². The number of aromatic hydroxyl groups is 1. The van der Waals surface area contributed by atoms with Gasteiger partial charge >= 0.3 is 0 Å². The van der Waals surface area contributed by atoms with Gasteiger partial charge in [-0.05, 0) is 24.6 Å². The van der Waals surface area contributed by atoms with Crippen molar-refractivity contribution in [3.63, 3.8) is 0 Å². The summed E-state index contributed by atoms with van der Waals surface area (Å²) in [4.78, 5) is 12.6. The lowest BCUT2D eigenvalue weighted by Gasteiger charge is -2.09. The van der Waals surface area contributed by atoms with Crippen LogP contribution in [0.2, 0.25) is 10.0 Å². The number of phenols is 1. The van der Waals surface area contributed by atoms with Crippen LogP contribution in [0.3, 0.4) is 0 Å². The second-order valence-electron chi connectivity index (χ2n) is 4.61. The van der Waals surface area contributed by atoms with Gasteiger partial charge in [0.25, 0.3) is 0 Å². The van der Waals surface area contributed by atoms with Gasteiger partial charge in [0.05, 0.1) is 15.8 Å². The Kier molecular flexibility index (Phi) is 3.40. The fourth-order valence-corrected chi connectivity index (χ4v) is 2.82. The van der Waals surface area contributed by atoms with Crippen molar-refractivity contribution in [3.8, 4) is 5.75 Å². The molecule has 0 unspecified atom stereocenters. The summed E-state index contributed by atoms with van der Waals surface area (Å²) in [6, 6.07) is 6.50. The second kappa shape index (κ2) is 5.10. The third-order valence-electron chi connectivity index (χ3n) is 3.30. The second-order valence-corrected chi connectivity index (χ2v) is 5.40. The Morgan fingerprint density at radius 3 is 2.81 bits per heavy atom. The fourth-order valence-electron chi connectivity index (χ4n) is 2.31. The molecule has 0 spiro atoms. The summed E-state index contributed by atoms with van der Waals surface area (Å²) in [5.41, 5.74) is 0.727. The minimum atomic E-state index is -0.274. The first kappa shape index (κ1) is 14.0. The van der Waals surface area contributed by atoms with Gasteiger partial charge in [-0.3, -0.25) is 4.79 Å². The van der Waals surface area contributed by atoms with Crippen LogP contribution in [-0.2, 0) is 6.42 Å². The summed E-state index contributed by atoms with van der Waals surface area (Å²) in [5, 5.41) is 11.0. The molecule has 0 bridgehead atoms. The molecule has 0 radical (unpaired) electrons. The monoisotopic (exact) mass is 320 g/mol. The van der Waals surface area contributed by atoms with E-state index in [2.05, 4.69) is 6.58 Å². The summed E-state index contributed by atoms with van der Waals surface area (Å²) in [6.07, 6.45) is 2.01. The van der Waals surface area contributed by atoms with E-state index in [1.165, 1.54) is 0 Å². The Balaban J connectivity index is 2.55. The largest absolute Gasteiger partial charge is 0.506 e. The van der Waals surface area contributed by atoms with Crippen LogP contribution in [-0.4, -0.2) is 5.11 Å². The third-order valence-corrected chi connectivity index (χ3v) is 3.96. The molecule has 3 rings (SSSR count). The van der Waals surface area contributed by atoms with Crippen LogP contribution in [0.1, 0.15) is 5.56 Å². The summed E-state index contributed by atoms with van der Waals surface area (Å²) >= 11 is 12.2. The first-order valence-electron chi connectivity index (χ1n) is 6.21. The number of allylic oxidation sites excluding steroid dienone is 1. The lowest BCUT2D eigenvalue weighted by molar-refractivity contribution is 0.469. The van der Waals surface area contributed by atoms with E-state index in [1.807, 2.05) is 0 Å². The van der Waals surface area contributed by atoms with E-state index in [0.29, 0.717) is 28.0 Å². The molecule has 0 amide bonds. The molecule has 106 valence electrons. The number of hydrogen-bond donors (Lipinski definition) is 1. The molecule has 1 N–H and O–H groups in total. The maximum Gasteiger partial charge on any atom is 0.202 e. The van der Waals surface area contributed by atoms with Crippen LogP contribution < -0.4 is 5.43 Å². The molecule has 21 heavy (non-hydrogen) atoms. The number of benzene rings is 2. The molecule has 0 aliphatic carbocycles. The normalized spacial score (nSPS) is 11.1. The smallest absolute Gasteiger partial charge is 0.202 e. The van der Waals surface area contributed by atoms with Gasteiger partial charge in [-0.25, -0.2) is 0 Å². The van der Waals surface area contributed by atoms with Gasteiger partial charge < -0.3 is 9.52 Å².